The van der Waals surface area contributed by atoms with E-state index in [2.05, 4.69) is 5.10 Å². The molecule has 70 valence electrons. The predicted octanol–water partition coefficient (Wildman–Crippen LogP) is 1.30. The Labute approximate surface area is 76.5 Å². The summed E-state index contributed by atoms with van der Waals surface area (Å²) in [6.45, 7) is 1.82. The summed E-state index contributed by atoms with van der Waals surface area (Å²) in [6.07, 6.45) is 5.57. The van der Waals surface area contributed by atoms with Crippen LogP contribution in [0, 0.1) is 0 Å². The van der Waals surface area contributed by atoms with Crippen LogP contribution in [0.25, 0.3) is 6.08 Å². The van der Waals surface area contributed by atoms with E-state index < -0.39 is 5.97 Å². The van der Waals surface area contributed by atoms with E-state index in [0.717, 1.165) is 5.56 Å². The van der Waals surface area contributed by atoms with Gasteiger partial charge in [-0.2, -0.15) is 5.10 Å². The van der Waals surface area contributed by atoms with Gasteiger partial charge in [-0.3, -0.25) is 4.68 Å². The Bertz CT molecular complexity index is 339. The summed E-state index contributed by atoms with van der Waals surface area (Å²) in [7, 11) is 1.80. The highest BCUT2D eigenvalue weighted by Gasteiger charge is 2.04. The second-order valence-corrected chi connectivity index (χ2v) is 2.78. The summed E-state index contributed by atoms with van der Waals surface area (Å²) in [5, 5.41) is 12.7. The van der Waals surface area contributed by atoms with E-state index in [0.29, 0.717) is 12.0 Å². The summed E-state index contributed by atoms with van der Waals surface area (Å²) in [5.41, 5.74) is 1.22. The Morgan fingerprint density at radius 1 is 1.77 bits per heavy atom. The lowest BCUT2D eigenvalue weighted by Crippen LogP contribution is -1.98. The van der Waals surface area contributed by atoms with Crippen LogP contribution < -0.4 is 0 Å². The van der Waals surface area contributed by atoms with Gasteiger partial charge in [-0.1, -0.05) is 6.92 Å². The van der Waals surface area contributed by atoms with Crippen molar-refractivity contribution in [1.29, 1.82) is 0 Å². The smallest absolute Gasteiger partial charge is 0.331 e. The Balaban J connectivity index is 2.91. The van der Waals surface area contributed by atoms with Gasteiger partial charge in [0.15, 0.2) is 0 Å². The highest BCUT2D eigenvalue weighted by Crippen LogP contribution is 2.08. The lowest BCUT2D eigenvalue weighted by Gasteiger charge is -1.94. The number of aryl methyl sites for hydroxylation is 1. The number of carboxylic acid groups (broad SMARTS) is 1. The Morgan fingerprint density at radius 3 is 2.85 bits per heavy atom. The van der Waals surface area contributed by atoms with Gasteiger partial charge in [0.1, 0.15) is 0 Å². The average molecular weight is 180 g/mol. The van der Waals surface area contributed by atoms with E-state index in [-0.39, 0.29) is 0 Å². The number of carboxylic acids is 1. The van der Waals surface area contributed by atoms with E-state index in [4.69, 9.17) is 5.11 Å². The normalized spacial score (nSPS) is 11.7. The minimum atomic E-state index is -0.869. The maximum atomic E-state index is 10.6. The van der Waals surface area contributed by atoms with Crippen LogP contribution in [-0.2, 0) is 11.8 Å². The van der Waals surface area contributed by atoms with Crippen molar-refractivity contribution in [3.8, 4) is 0 Å². The van der Waals surface area contributed by atoms with Crippen molar-refractivity contribution < 1.29 is 9.90 Å². The van der Waals surface area contributed by atoms with E-state index >= 15 is 0 Å². The van der Waals surface area contributed by atoms with Crippen molar-refractivity contribution >= 4 is 12.0 Å². The monoisotopic (exact) mass is 180 g/mol. The summed E-state index contributed by atoms with van der Waals surface area (Å²) in [4.78, 5) is 10.6. The summed E-state index contributed by atoms with van der Waals surface area (Å²) in [5.74, 6) is -0.869. The fourth-order valence-electron chi connectivity index (χ4n) is 1.03. The molecule has 0 aliphatic rings. The third-order valence-corrected chi connectivity index (χ3v) is 1.72. The SMILES string of the molecule is CCC(=Cc1cnn(C)c1)C(=O)O. The first-order valence-electron chi connectivity index (χ1n) is 4.06. The largest absolute Gasteiger partial charge is 0.478 e. The molecule has 1 N–H and O–H groups in total. The number of hydrogen-bond donors (Lipinski definition) is 1. The van der Waals surface area contributed by atoms with Gasteiger partial charge in [0.25, 0.3) is 0 Å². The minimum Gasteiger partial charge on any atom is -0.478 e. The van der Waals surface area contributed by atoms with Gasteiger partial charge in [0.2, 0.25) is 0 Å². The molecule has 0 saturated carbocycles. The highest BCUT2D eigenvalue weighted by atomic mass is 16.4. The molecule has 0 saturated heterocycles. The van der Waals surface area contributed by atoms with Crippen LogP contribution in [0.2, 0.25) is 0 Å². The average Bonchev–Trinajstić information content (AvgIpc) is 2.46. The Morgan fingerprint density at radius 2 is 2.46 bits per heavy atom. The Kier molecular flexibility index (Phi) is 2.84. The second kappa shape index (κ2) is 3.89. The molecule has 1 rings (SSSR count). The number of rotatable bonds is 3. The molecule has 4 heteroatoms. The van der Waals surface area contributed by atoms with Gasteiger partial charge in [0.05, 0.1) is 6.20 Å². The fraction of sp³-hybridized carbons (Fsp3) is 0.333. The number of aromatic nitrogens is 2. The lowest BCUT2D eigenvalue weighted by molar-refractivity contribution is -0.132. The van der Waals surface area contributed by atoms with Crippen LogP contribution >= 0.6 is 0 Å². The molecular formula is C9H12N2O2. The molecule has 13 heavy (non-hydrogen) atoms. The van der Waals surface area contributed by atoms with Gasteiger partial charge in [-0.15, -0.1) is 0 Å². The summed E-state index contributed by atoms with van der Waals surface area (Å²) in [6, 6.07) is 0. The predicted molar refractivity (Wildman–Crippen MR) is 49.1 cm³/mol. The number of hydrogen-bond acceptors (Lipinski definition) is 2. The molecule has 0 unspecified atom stereocenters. The molecule has 0 aliphatic heterocycles. The molecule has 4 nitrogen and oxygen atoms in total. The Hall–Kier alpha value is -1.58. The molecule has 1 heterocycles. The van der Waals surface area contributed by atoms with Crippen LogP contribution in [0.4, 0.5) is 0 Å². The van der Waals surface area contributed by atoms with Crippen LogP contribution in [-0.4, -0.2) is 20.9 Å². The molecule has 0 radical (unpaired) electrons. The molecule has 0 spiro atoms. The molecule has 0 fully saturated rings. The molecule has 0 atom stereocenters. The first kappa shape index (κ1) is 9.51. The van der Waals surface area contributed by atoms with Crippen molar-refractivity contribution in [2.45, 2.75) is 13.3 Å². The quantitative estimate of drug-likeness (QED) is 0.713. The minimum absolute atomic E-state index is 0.396. The molecule has 1 aromatic rings. The van der Waals surface area contributed by atoms with Crippen LogP contribution in [0.1, 0.15) is 18.9 Å². The zero-order valence-electron chi connectivity index (χ0n) is 7.69. The van der Waals surface area contributed by atoms with E-state index in [9.17, 15) is 4.79 Å². The van der Waals surface area contributed by atoms with Crippen molar-refractivity contribution in [1.82, 2.24) is 9.78 Å². The molecule has 1 aromatic heterocycles. The van der Waals surface area contributed by atoms with Crippen molar-refractivity contribution in [2.75, 3.05) is 0 Å². The third kappa shape index (κ3) is 2.43. The van der Waals surface area contributed by atoms with Gasteiger partial charge in [-0.25, -0.2) is 4.79 Å². The van der Waals surface area contributed by atoms with Crippen LogP contribution in [0.5, 0.6) is 0 Å². The molecule has 0 aromatic carbocycles. The molecule has 0 bridgehead atoms. The fourth-order valence-corrected chi connectivity index (χ4v) is 1.03. The van der Waals surface area contributed by atoms with Gasteiger partial charge in [-0.05, 0) is 12.5 Å². The molecule has 0 aliphatic carbocycles. The van der Waals surface area contributed by atoms with E-state index in [1.54, 1.807) is 30.2 Å². The summed E-state index contributed by atoms with van der Waals surface area (Å²) < 4.78 is 1.64. The van der Waals surface area contributed by atoms with Crippen molar-refractivity contribution in [3.05, 3.63) is 23.5 Å². The van der Waals surface area contributed by atoms with Gasteiger partial charge < -0.3 is 5.11 Å². The van der Waals surface area contributed by atoms with Gasteiger partial charge in [0, 0.05) is 24.4 Å². The first-order chi connectivity index (χ1) is 6.13. The number of carbonyl (C=O) groups is 1. The second-order valence-electron chi connectivity index (χ2n) is 2.78. The van der Waals surface area contributed by atoms with Crippen molar-refractivity contribution in [3.63, 3.8) is 0 Å². The lowest BCUT2D eigenvalue weighted by atomic mass is 10.1. The topological polar surface area (TPSA) is 55.1 Å². The maximum Gasteiger partial charge on any atom is 0.331 e. The standard InChI is InChI=1S/C9H12N2O2/c1-3-8(9(12)13)4-7-5-10-11(2)6-7/h4-6H,3H2,1-2H3,(H,12,13). The first-order valence-corrected chi connectivity index (χ1v) is 4.06. The summed E-state index contributed by atoms with van der Waals surface area (Å²) >= 11 is 0. The molecule has 0 amide bonds. The van der Waals surface area contributed by atoms with Crippen LogP contribution in [0.15, 0.2) is 18.0 Å². The van der Waals surface area contributed by atoms with Crippen LogP contribution in [0.3, 0.4) is 0 Å². The van der Waals surface area contributed by atoms with Gasteiger partial charge >= 0.3 is 5.97 Å². The maximum absolute atomic E-state index is 10.6. The van der Waals surface area contributed by atoms with Crippen molar-refractivity contribution in [2.24, 2.45) is 7.05 Å². The number of nitrogens with zero attached hydrogens (tertiary/aromatic N) is 2. The third-order valence-electron chi connectivity index (χ3n) is 1.72. The zero-order valence-corrected chi connectivity index (χ0v) is 7.69. The molecular weight excluding hydrogens is 168 g/mol. The number of aliphatic carboxylic acids is 1. The van der Waals surface area contributed by atoms with E-state index in [1.807, 2.05) is 6.92 Å². The zero-order chi connectivity index (χ0) is 9.84. The van der Waals surface area contributed by atoms with E-state index in [1.165, 1.54) is 0 Å². The highest BCUT2D eigenvalue weighted by molar-refractivity contribution is 5.91.